The Morgan fingerprint density at radius 1 is 1.00 bits per heavy atom. The molecule has 0 unspecified atom stereocenters. The van der Waals surface area contributed by atoms with Crippen LogP contribution in [0, 0.1) is 6.92 Å². The number of rotatable bonds is 4. The first kappa shape index (κ1) is 15.7. The summed E-state index contributed by atoms with van der Waals surface area (Å²) in [6, 6.07) is 17.2. The lowest BCUT2D eigenvalue weighted by atomic mass is 10.1. The molecular weight excluding hydrogens is 300 g/mol. The van der Waals surface area contributed by atoms with Crippen LogP contribution in [0.15, 0.2) is 67.0 Å². The third kappa shape index (κ3) is 3.60. The topological polar surface area (TPSA) is 51.2 Å². The molecule has 0 aliphatic rings. The molecule has 4 heteroatoms. The minimum absolute atomic E-state index is 0.177. The van der Waals surface area contributed by atoms with E-state index in [0.717, 1.165) is 28.1 Å². The van der Waals surface area contributed by atoms with Crippen molar-refractivity contribution in [3.8, 4) is 16.9 Å². The second-order valence-corrected chi connectivity index (χ2v) is 5.51. The standard InChI is InChI=1S/C20H18N2O2/c1-14-4-3-5-18(10-14)22-20(23)17-11-16(12-21-13-17)15-6-8-19(24-2)9-7-15/h3-13H,1-2H3,(H,22,23). The molecule has 0 aliphatic heterocycles. The summed E-state index contributed by atoms with van der Waals surface area (Å²) in [6.07, 6.45) is 3.31. The highest BCUT2D eigenvalue weighted by Crippen LogP contribution is 2.22. The van der Waals surface area contributed by atoms with Crippen LogP contribution in [0.3, 0.4) is 0 Å². The number of amides is 1. The summed E-state index contributed by atoms with van der Waals surface area (Å²) >= 11 is 0. The van der Waals surface area contributed by atoms with Gasteiger partial charge in [0.25, 0.3) is 5.91 Å². The fraction of sp³-hybridized carbons (Fsp3) is 0.100. The Morgan fingerprint density at radius 3 is 2.50 bits per heavy atom. The van der Waals surface area contributed by atoms with Crippen molar-refractivity contribution in [1.29, 1.82) is 0 Å². The van der Waals surface area contributed by atoms with Crippen molar-refractivity contribution < 1.29 is 9.53 Å². The van der Waals surface area contributed by atoms with Gasteiger partial charge in [0, 0.05) is 23.6 Å². The Kier molecular flexibility index (Phi) is 4.57. The van der Waals surface area contributed by atoms with Crippen LogP contribution in [0.2, 0.25) is 0 Å². The Bertz CT molecular complexity index is 858. The van der Waals surface area contributed by atoms with E-state index < -0.39 is 0 Å². The van der Waals surface area contributed by atoms with Crippen LogP contribution >= 0.6 is 0 Å². The number of aryl methyl sites for hydroxylation is 1. The lowest BCUT2D eigenvalue weighted by Gasteiger charge is -2.08. The number of aromatic nitrogens is 1. The summed E-state index contributed by atoms with van der Waals surface area (Å²) in [6.45, 7) is 1.99. The number of pyridine rings is 1. The van der Waals surface area contributed by atoms with Gasteiger partial charge in [-0.15, -0.1) is 0 Å². The van der Waals surface area contributed by atoms with Gasteiger partial charge in [0.1, 0.15) is 5.75 Å². The van der Waals surface area contributed by atoms with Crippen LogP contribution in [0.25, 0.3) is 11.1 Å². The van der Waals surface area contributed by atoms with E-state index in [4.69, 9.17) is 4.74 Å². The summed E-state index contributed by atoms with van der Waals surface area (Å²) < 4.78 is 5.16. The van der Waals surface area contributed by atoms with Gasteiger partial charge >= 0.3 is 0 Å². The van der Waals surface area contributed by atoms with Crippen molar-refractivity contribution in [2.75, 3.05) is 12.4 Å². The van der Waals surface area contributed by atoms with Crippen molar-refractivity contribution in [2.45, 2.75) is 6.92 Å². The number of carbonyl (C=O) groups excluding carboxylic acids is 1. The molecule has 0 bridgehead atoms. The highest BCUT2D eigenvalue weighted by atomic mass is 16.5. The average molecular weight is 318 g/mol. The molecule has 3 rings (SSSR count). The Labute approximate surface area is 141 Å². The predicted octanol–water partition coefficient (Wildman–Crippen LogP) is 4.32. The van der Waals surface area contributed by atoms with Crippen LogP contribution < -0.4 is 10.1 Å². The number of carbonyl (C=O) groups is 1. The van der Waals surface area contributed by atoms with Crippen LogP contribution in [0.5, 0.6) is 5.75 Å². The van der Waals surface area contributed by atoms with Crippen molar-refractivity contribution in [1.82, 2.24) is 4.98 Å². The molecule has 1 heterocycles. The fourth-order valence-corrected chi connectivity index (χ4v) is 2.43. The first-order valence-corrected chi connectivity index (χ1v) is 7.63. The zero-order valence-corrected chi connectivity index (χ0v) is 13.6. The number of methoxy groups -OCH3 is 1. The predicted molar refractivity (Wildman–Crippen MR) is 95.4 cm³/mol. The molecule has 2 aromatic carbocycles. The molecule has 120 valence electrons. The van der Waals surface area contributed by atoms with Gasteiger partial charge in [0.2, 0.25) is 0 Å². The summed E-state index contributed by atoms with van der Waals surface area (Å²) in [4.78, 5) is 16.6. The zero-order chi connectivity index (χ0) is 16.9. The lowest BCUT2D eigenvalue weighted by molar-refractivity contribution is 0.102. The average Bonchev–Trinajstić information content (AvgIpc) is 2.62. The Balaban J connectivity index is 1.82. The third-order valence-corrected chi connectivity index (χ3v) is 3.70. The summed E-state index contributed by atoms with van der Waals surface area (Å²) in [5.74, 6) is 0.614. The monoisotopic (exact) mass is 318 g/mol. The number of hydrogen-bond donors (Lipinski definition) is 1. The van der Waals surface area contributed by atoms with E-state index in [1.165, 1.54) is 0 Å². The van der Waals surface area contributed by atoms with E-state index in [9.17, 15) is 4.79 Å². The molecular formula is C20H18N2O2. The molecule has 0 aliphatic carbocycles. The van der Waals surface area contributed by atoms with Gasteiger partial charge in [-0.2, -0.15) is 0 Å². The smallest absolute Gasteiger partial charge is 0.257 e. The van der Waals surface area contributed by atoms with Gasteiger partial charge in [-0.3, -0.25) is 9.78 Å². The zero-order valence-electron chi connectivity index (χ0n) is 13.6. The van der Waals surface area contributed by atoms with Crippen molar-refractivity contribution in [3.63, 3.8) is 0 Å². The van der Waals surface area contributed by atoms with E-state index in [-0.39, 0.29) is 5.91 Å². The van der Waals surface area contributed by atoms with E-state index in [1.807, 2.05) is 61.5 Å². The fourth-order valence-electron chi connectivity index (χ4n) is 2.43. The molecule has 0 atom stereocenters. The SMILES string of the molecule is COc1ccc(-c2cncc(C(=O)Nc3cccc(C)c3)c2)cc1. The number of anilines is 1. The first-order valence-electron chi connectivity index (χ1n) is 7.63. The second kappa shape index (κ2) is 6.96. The molecule has 0 saturated heterocycles. The molecule has 24 heavy (non-hydrogen) atoms. The highest BCUT2D eigenvalue weighted by molar-refractivity contribution is 6.04. The summed E-state index contributed by atoms with van der Waals surface area (Å²) in [5.41, 5.74) is 4.25. The second-order valence-electron chi connectivity index (χ2n) is 5.51. The highest BCUT2D eigenvalue weighted by Gasteiger charge is 2.09. The van der Waals surface area contributed by atoms with Crippen molar-refractivity contribution in [3.05, 3.63) is 78.1 Å². The van der Waals surface area contributed by atoms with Crippen LogP contribution in [-0.4, -0.2) is 18.0 Å². The molecule has 1 amide bonds. The van der Waals surface area contributed by atoms with Crippen molar-refractivity contribution in [2.24, 2.45) is 0 Å². The van der Waals surface area contributed by atoms with Crippen LogP contribution in [0.4, 0.5) is 5.69 Å². The number of nitrogens with one attached hydrogen (secondary N) is 1. The molecule has 0 saturated carbocycles. The number of ether oxygens (including phenoxy) is 1. The van der Waals surface area contributed by atoms with Crippen LogP contribution in [0.1, 0.15) is 15.9 Å². The number of benzene rings is 2. The van der Waals surface area contributed by atoms with Gasteiger partial charge in [-0.1, -0.05) is 24.3 Å². The number of nitrogens with zero attached hydrogens (tertiary/aromatic N) is 1. The molecule has 0 radical (unpaired) electrons. The third-order valence-electron chi connectivity index (χ3n) is 3.70. The maximum absolute atomic E-state index is 12.4. The van der Waals surface area contributed by atoms with E-state index >= 15 is 0 Å². The molecule has 0 spiro atoms. The van der Waals surface area contributed by atoms with Crippen molar-refractivity contribution >= 4 is 11.6 Å². The maximum Gasteiger partial charge on any atom is 0.257 e. The largest absolute Gasteiger partial charge is 0.497 e. The Morgan fingerprint density at radius 2 is 1.79 bits per heavy atom. The summed E-state index contributed by atoms with van der Waals surface area (Å²) in [7, 11) is 1.63. The van der Waals surface area contributed by atoms with Gasteiger partial charge in [0.05, 0.1) is 12.7 Å². The van der Waals surface area contributed by atoms with Gasteiger partial charge < -0.3 is 10.1 Å². The van der Waals surface area contributed by atoms with Gasteiger partial charge in [-0.25, -0.2) is 0 Å². The quantitative estimate of drug-likeness (QED) is 0.779. The lowest BCUT2D eigenvalue weighted by Crippen LogP contribution is -2.12. The van der Waals surface area contributed by atoms with Gasteiger partial charge in [0.15, 0.2) is 0 Å². The maximum atomic E-state index is 12.4. The van der Waals surface area contributed by atoms with Crippen LogP contribution in [-0.2, 0) is 0 Å². The molecule has 1 aromatic heterocycles. The van der Waals surface area contributed by atoms with Gasteiger partial charge in [-0.05, 0) is 48.4 Å². The first-order chi connectivity index (χ1) is 11.7. The normalized spacial score (nSPS) is 10.2. The number of hydrogen-bond acceptors (Lipinski definition) is 3. The Hall–Kier alpha value is -3.14. The summed E-state index contributed by atoms with van der Waals surface area (Å²) in [5, 5.41) is 2.90. The molecule has 3 aromatic rings. The van der Waals surface area contributed by atoms with E-state index in [2.05, 4.69) is 10.3 Å². The van der Waals surface area contributed by atoms with E-state index in [1.54, 1.807) is 19.5 Å². The molecule has 0 fully saturated rings. The molecule has 1 N–H and O–H groups in total. The minimum Gasteiger partial charge on any atom is -0.497 e. The minimum atomic E-state index is -0.177. The van der Waals surface area contributed by atoms with E-state index in [0.29, 0.717) is 5.56 Å². The molecule has 4 nitrogen and oxygen atoms in total.